The number of nitrogens with zero attached hydrogens (tertiary/aromatic N) is 1. The van der Waals surface area contributed by atoms with Crippen molar-refractivity contribution in [3.8, 4) is 78.6 Å². The van der Waals surface area contributed by atoms with E-state index in [-0.39, 0.29) is 17.0 Å². The second-order valence-electron chi connectivity index (χ2n) is 26.2. The Labute approximate surface area is 570 Å². The lowest BCUT2D eigenvalue weighted by atomic mass is 9.67. The first-order valence-electron chi connectivity index (χ1n) is 33.3. The van der Waals surface area contributed by atoms with E-state index in [2.05, 4.69) is 196 Å². The Morgan fingerprint density at radius 3 is 1.00 bits per heavy atom. The van der Waals surface area contributed by atoms with Crippen LogP contribution >= 0.6 is 0 Å². The van der Waals surface area contributed by atoms with Crippen molar-refractivity contribution in [2.45, 2.75) is 30.1 Å². The van der Waals surface area contributed by atoms with Crippen LogP contribution in [0.1, 0.15) is 80.6 Å². The maximum absolute atomic E-state index is 16.8. The van der Waals surface area contributed by atoms with Crippen LogP contribution in [0.25, 0.3) is 67.8 Å². The Morgan fingerprint density at radius 2 is 0.602 bits per heavy atom. The van der Waals surface area contributed by atoms with Crippen LogP contribution in [0.4, 0.5) is 25.8 Å². The molecule has 14 aromatic carbocycles. The summed E-state index contributed by atoms with van der Waals surface area (Å²) in [6.45, 7) is 12.6. The Morgan fingerprint density at radius 1 is 0.286 bits per heavy atom. The molecule has 0 amide bonds. The lowest BCUT2D eigenvalue weighted by Gasteiger charge is -2.36. The Kier molecular flexibility index (Phi) is 14.4. The summed E-state index contributed by atoms with van der Waals surface area (Å²) in [6, 6.07) is 111. The van der Waals surface area contributed by atoms with Crippen LogP contribution in [-0.4, -0.2) is 0 Å². The molecule has 0 aliphatic heterocycles. The van der Waals surface area contributed by atoms with Gasteiger partial charge in [0, 0.05) is 33.6 Å². The monoisotopic (exact) mass is 1270 g/mol. The molecule has 14 aromatic rings. The lowest BCUT2D eigenvalue weighted by Crippen LogP contribution is -2.29. The largest absolute Gasteiger partial charge is 0.457 e. The SMILES string of the molecule is C=Cc1ccc(Oc2ccc(C3(c4ccc(F)c(-c5ccccc5)c4)c4ccccc4-c4ccc(N(c5ccc6c(c5)C(C)(C)c5ccccc5-6)c5ccc6c(c5)C(c5ccc(Oc7ccc(C=C)cc7)cc5)(c5ccc(F)c(-c7ccccc7)c5)c5ccccc5-6)cc43)cc2)cc1. The van der Waals surface area contributed by atoms with Crippen molar-refractivity contribution in [2.75, 3.05) is 4.90 Å². The van der Waals surface area contributed by atoms with Gasteiger partial charge in [0.1, 0.15) is 34.6 Å². The maximum Gasteiger partial charge on any atom is 0.131 e. The average molecular weight is 1270 g/mol. The van der Waals surface area contributed by atoms with E-state index in [1.807, 2.05) is 158 Å². The predicted molar refractivity (Wildman–Crippen MR) is 397 cm³/mol. The number of hydrogen-bond acceptors (Lipinski definition) is 3. The van der Waals surface area contributed by atoms with E-state index in [1.54, 1.807) is 12.1 Å². The summed E-state index contributed by atoms with van der Waals surface area (Å²) in [5.41, 5.74) is 22.4. The number of hydrogen-bond donors (Lipinski definition) is 0. The molecule has 0 aromatic heterocycles. The summed E-state index contributed by atoms with van der Waals surface area (Å²) in [6.07, 6.45) is 3.64. The second kappa shape index (κ2) is 23.6. The molecule has 5 heteroatoms. The standard InChI is InChI=1S/C93H65F2NO2/c1-5-60-29-42-71(43-30-60)97-73-46-33-64(34-47-73)92(66-37-53-89(94)81(55-66)62-19-9-7-10-20-62)84-27-17-14-24-76(84)79-51-40-69(58-87(79)92)96(68-39-50-78-75-23-13-16-26-83(75)91(3,4)86(78)57-68)70-41-52-80-77-25-15-18-28-85(77)93(88(80)59-70,67-38-54-90(95)82(56-67)63-21-11-8-12-22-63)65-35-48-74(49-36-65)98-72-44-31-61(6-2)32-45-72/h5-59H,1-2H2,3-4H3. The Hall–Kier alpha value is -12.2. The minimum atomic E-state index is -0.991. The highest BCUT2D eigenvalue weighted by molar-refractivity contribution is 5.94. The van der Waals surface area contributed by atoms with Crippen LogP contribution in [0.15, 0.2) is 335 Å². The van der Waals surface area contributed by atoms with Gasteiger partial charge in [-0.15, -0.1) is 0 Å². The molecule has 17 rings (SSSR count). The van der Waals surface area contributed by atoms with E-state index in [0.29, 0.717) is 34.1 Å². The van der Waals surface area contributed by atoms with Gasteiger partial charge in [0.25, 0.3) is 0 Å². The van der Waals surface area contributed by atoms with Gasteiger partial charge in [0.15, 0.2) is 0 Å². The first kappa shape index (κ1) is 59.6. The number of rotatable bonds is 15. The van der Waals surface area contributed by atoms with Crippen LogP contribution in [0.2, 0.25) is 0 Å². The van der Waals surface area contributed by atoms with Gasteiger partial charge in [-0.2, -0.15) is 0 Å². The van der Waals surface area contributed by atoms with E-state index >= 15 is 8.78 Å². The molecule has 98 heavy (non-hydrogen) atoms. The third kappa shape index (κ3) is 9.51. The molecule has 0 radical (unpaired) electrons. The zero-order valence-corrected chi connectivity index (χ0v) is 54.2. The van der Waals surface area contributed by atoms with Crippen molar-refractivity contribution >= 4 is 29.2 Å². The van der Waals surface area contributed by atoms with Gasteiger partial charge in [0.05, 0.1) is 10.8 Å². The summed E-state index contributed by atoms with van der Waals surface area (Å²) >= 11 is 0. The fourth-order valence-corrected chi connectivity index (χ4v) is 16.0. The third-order valence-corrected chi connectivity index (χ3v) is 20.6. The number of anilines is 3. The summed E-state index contributed by atoms with van der Waals surface area (Å²) in [5, 5.41) is 0. The molecule has 0 heterocycles. The Balaban J connectivity index is 0.911. The smallest absolute Gasteiger partial charge is 0.131 e. The number of benzene rings is 14. The quantitative estimate of drug-likeness (QED) is 0.102. The molecular formula is C93H65F2NO2. The molecule has 0 bridgehead atoms. The maximum atomic E-state index is 16.8. The van der Waals surface area contributed by atoms with Crippen LogP contribution in [0.3, 0.4) is 0 Å². The van der Waals surface area contributed by atoms with Crippen LogP contribution < -0.4 is 14.4 Å². The van der Waals surface area contributed by atoms with E-state index < -0.39 is 10.8 Å². The fraction of sp³-hybridized carbons (Fsp3) is 0.0538. The summed E-state index contributed by atoms with van der Waals surface area (Å²) < 4.78 is 46.7. The zero-order valence-electron chi connectivity index (χ0n) is 54.2. The molecule has 468 valence electrons. The highest BCUT2D eigenvalue weighted by Gasteiger charge is 2.49. The highest BCUT2D eigenvalue weighted by Crippen LogP contribution is 2.61. The van der Waals surface area contributed by atoms with Crippen LogP contribution in [0, 0.1) is 11.6 Å². The van der Waals surface area contributed by atoms with Gasteiger partial charge in [-0.25, -0.2) is 8.78 Å². The number of halogens is 2. The van der Waals surface area contributed by atoms with Crippen molar-refractivity contribution in [1.82, 2.24) is 0 Å². The summed E-state index contributed by atoms with van der Waals surface area (Å²) in [7, 11) is 0. The molecule has 0 saturated heterocycles. The molecule has 3 aliphatic carbocycles. The topological polar surface area (TPSA) is 21.7 Å². The zero-order chi connectivity index (χ0) is 66.3. The van der Waals surface area contributed by atoms with E-state index in [1.165, 1.54) is 22.3 Å². The second-order valence-corrected chi connectivity index (χ2v) is 26.2. The Bertz CT molecular complexity index is 5180. The van der Waals surface area contributed by atoms with E-state index in [4.69, 9.17) is 9.47 Å². The molecule has 0 N–H and O–H groups in total. The van der Waals surface area contributed by atoms with Crippen molar-refractivity contribution < 1.29 is 18.3 Å². The average Bonchev–Trinajstić information content (AvgIpc) is 1.52. The first-order valence-corrected chi connectivity index (χ1v) is 33.3. The van der Waals surface area contributed by atoms with Gasteiger partial charge in [-0.05, 0) is 220 Å². The van der Waals surface area contributed by atoms with E-state index in [0.717, 1.165) is 106 Å². The normalized spacial score (nSPS) is 15.6. The van der Waals surface area contributed by atoms with Crippen LogP contribution in [-0.2, 0) is 16.2 Å². The summed E-state index contributed by atoms with van der Waals surface area (Å²) in [4.78, 5) is 2.42. The van der Waals surface area contributed by atoms with Crippen LogP contribution in [0.5, 0.6) is 23.0 Å². The van der Waals surface area contributed by atoms with Crippen molar-refractivity contribution in [3.05, 3.63) is 413 Å². The third-order valence-electron chi connectivity index (χ3n) is 20.6. The lowest BCUT2D eigenvalue weighted by molar-refractivity contribution is 0.482. The number of ether oxygens (including phenoxy) is 2. The minimum Gasteiger partial charge on any atom is -0.457 e. The first-order chi connectivity index (χ1) is 48.0. The molecule has 3 aliphatic rings. The fourth-order valence-electron chi connectivity index (χ4n) is 16.0. The van der Waals surface area contributed by atoms with Gasteiger partial charge < -0.3 is 14.4 Å². The van der Waals surface area contributed by atoms with Crippen molar-refractivity contribution in [3.63, 3.8) is 0 Å². The molecule has 0 spiro atoms. The molecule has 0 fully saturated rings. The van der Waals surface area contributed by atoms with Gasteiger partial charge in [-0.3, -0.25) is 0 Å². The highest BCUT2D eigenvalue weighted by atomic mass is 19.1. The number of fused-ring (bicyclic) bond motifs is 9. The minimum absolute atomic E-state index is 0.305. The molecule has 0 saturated carbocycles. The molecular weight excluding hydrogens is 1200 g/mol. The predicted octanol–water partition coefficient (Wildman–Crippen LogP) is 24.7. The van der Waals surface area contributed by atoms with Crippen molar-refractivity contribution in [1.29, 1.82) is 0 Å². The van der Waals surface area contributed by atoms with Crippen molar-refractivity contribution in [2.24, 2.45) is 0 Å². The van der Waals surface area contributed by atoms with Gasteiger partial charge in [-0.1, -0.05) is 251 Å². The molecule has 3 nitrogen and oxygen atoms in total. The molecule has 2 atom stereocenters. The molecule has 2 unspecified atom stereocenters. The van der Waals surface area contributed by atoms with Gasteiger partial charge >= 0.3 is 0 Å². The summed E-state index contributed by atoms with van der Waals surface area (Å²) in [5.74, 6) is 2.17. The van der Waals surface area contributed by atoms with Gasteiger partial charge in [0.2, 0.25) is 0 Å². The van der Waals surface area contributed by atoms with E-state index in [9.17, 15) is 0 Å².